The first-order valence-corrected chi connectivity index (χ1v) is 10.4. The molecular weight excluding hydrogens is 394 g/mol. The molecule has 0 aliphatic carbocycles. The van der Waals surface area contributed by atoms with Crippen LogP contribution in [0.4, 0.5) is 5.69 Å². The van der Waals surface area contributed by atoms with E-state index in [2.05, 4.69) is 0 Å². The molecule has 1 aliphatic rings. The van der Waals surface area contributed by atoms with Crippen LogP contribution in [0, 0.1) is 0 Å². The van der Waals surface area contributed by atoms with Crippen LogP contribution in [0.15, 0.2) is 42.5 Å². The molecule has 3 atom stereocenters. The molecular formula is C21H21NO6S. The van der Waals surface area contributed by atoms with E-state index in [0.717, 1.165) is 0 Å². The molecule has 0 saturated carbocycles. The van der Waals surface area contributed by atoms with Gasteiger partial charge in [-0.25, -0.2) is 4.79 Å². The Balaban J connectivity index is 1.78. The number of anilines is 1. The van der Waals surface area contributed by atoms with Crippen molar-refractivity contribution in [2.24, 2.45) is 0 Å². The number of amides is 1. The van der Waals surface area contributed by atoms with Crippen molar-refractivity contribution in [2.45, 2.75) is 31.0 Å². The molecule has 7 nitrogen and oxygen atoms in total. The first-order valence-electron chi connectivity index (χ1n) is 9.01. The fraction of sp³-hybridized carbons (Fsp3) is 0.286. The van der Waals surface area contributed by atoms with E-state index in [9.17, 15) is 18.6 Å². The Morgan fingerprint density at radius 1 is 1.21 bits per heavy atom. The number of Topliss-reactive ketones (excluding diaryl/α,β-unsaturated/α-hetero) is 1. The van der Waals surface area contributed by atoms with Gasteiger partial charge in [-0.15, -0.1) is 0 Å². The molecule has 1 heterocycles. The van der Waals surface area contributed by atoms with E-state index in [0.29, 0.717) is 22.6 Å². The Labute approximate surface area is 170 Å². The molecule has 0 saturated heterocycles. The normalized spacial score (nSPS) is 17.8. The highest BCUT2D eigenvalue weighted by Crippen LogP contribution is 2.34. The Bertz CT molecular complexity index is 1020. The lowest BCUT2D eigenvalue weighted by molar-refractivity contribution is -0.125. The molecule has 0 radical (unpaired) electrons. The second-order valence-corrected chi connectivity index (χ2v) is 8.63. The molecule has 0 fully saturated rings. The number of ether oxygens (including phenoxy) is 1. The van der Waals surface area contributed by atoms with Crippen LogP contribution in [0.25, 0.3) is 0 Å². The number of fused-ring (bicyclic) bond motifs is 1. The third-order valence-electron chi connectivity index (χ3n) is 4.83. The van der Waals surface area contributed by atoms with Gasteiger partial charge in [0.2, 0.25) is 0 Å². The zero-order valence-corrected chi connectivity index (χ0v) is 17.1. The summed E-state index contributed by atoms with van der Waals surface area (Å²) in [5.74, 6) is -1.02. The number of hydrogen-bond acceptors (Lipinski definition) is 5. The maximum absolute atomic E-state index is 12.9. The third kappa shape index (κ3) is 4.22. The van der Waals surface area contributed by atoms with Crippen molar-refractivity contribution in [1.82, 2.24) is 0 Å². The number of aromatic carboxylic acids is 1. The average Bonchev–Trinajstić information content (AvgIpc) is 2.71. The fourth-order valence-electron chi connectivity index (χ4n) is 3.10. The minimum atomic E-state index is -1.55. The summed E-state index contributed by atoms with van der Waals surface area (Å²) in [6, 6.07) is 11.0. The molecule has 0 aromatic heterocycles. The second-order valence-electron chi connectivity index (χ2n) is 6.88. The monoisotopic (exact) mass is 415 g/mol. The molecule has 1 N–H and O–H groups in total. The Morgan fingerprint density at radius 3 is 2.62 bits per heavy atom. The van der Waals surface area contributed by atoms with Crippen molar-refractivity contribution in [3.8, 4) is 5.75 Å². The van der Waals surface area contributed by atoms with Crippen LogP contribution in [0.1, 0.15) is 40.1 Å². The SMILES string of the molecule is CC1Oc2ccc(C(=O)C(C)S(=O)Cc3cccc(C(=O)O)c3)cc2N(C)C1=O. The van der Waals surface area contributed by atoms with Gasteiger partial charge < -0.3 is 14.7 Å². The summed E-state index contributed by atoms with van der Waals surface area (Å²) in [6.07, 6.45) is -0.595. The van der Waals surface area contributed by atoms with Gasteiger partial charge in [0.15, 0.2) is 11.9 Å². The van der Waals surface area contributed by atoms with Crippen LogP contribution < -0.4 is 9.64 Å². The molecule has 29 heavy (non-hydrogen) atoms. The van der Waals surface area contributed by atoms with Crippen LogP contribution >= 0.6 is 0 Å². The number of carbonyl (C=O) groups is 3. The van der Waals surface area contributed by atoms with Gasteiger partial charge in [-0.05, 0) is 49.7 Å². The summed E-state index contributed by atoms with van der Waals surface area (Å²) >= 11 is 0. The Morgan fingerprint density at radius 2 is 1.93 bits per heavy atom. The van der Waals surface area contributed by atoms with E-state index in [-0.39, 0.29) is 23.0 Å². The average molecular weight is 415 g/mol. The van der Waals surface area contributed by atoms with Crippen molar-refractivity contribution in [3.05, 3.63) is 59.2 Å². The summed E-state index contributed by atoms with van der Waals surface area (Å²) in [5, 5.41) is 8.27. The summed E-state index contributed by atoms with van der Waals surface area (Å²) < 4.78 is 18.3. The first kappa shape index (κ1) is 20.7. The molecule has 1 aliphatic heterocycles. The number of rotatable bonds is 6. The molecule has 1 amide bonds. The predicted molar refractivity (Wildman–Crippen MR) is 109 cm³/mol. The number of hydrogen-bond donors (Lipinski definition) is 1. The van der Waals surface area contributed by atoms with Gasteiger partial charge in [0.1, 0.15) is 5.75 Å². The minimum absolute atomic E-state index is 0.0674. The van der Waals surface area contributed by atoms with Gasteiger partial charge in [0.05, 0.1) is 16.5 Å². The fourth-order valence-corrected chi connectivity index (χ4v) is 4.24. The standard InChI is InChI=1S/C21H21NO6S/c1-12-20(24)22(3)17-10-15(7-8-18(17)28-12)19(23)13(2)29(27)11-14-5-4-6-16(9-14)21(25)26/h4-10,12-13H,11H2,1-3H3,(H,25,26). The third-order valence-corrected chi connectivity index (χ3v) is 6.45. The van der Waals surface area contributed by atoms with Gasteiger partial charge in [-0.3, -0.25) is 13.8 Å². The number of carboxylic acids is 1. The lowest BCUT2D eigenvalue weighted by atomic mass is 10.1. The minimum Gasteiger partial charge on any atom is -0.479 e. The molecule has 2 aromatic carbocycles. The molecule has 152 valence electrons. The number of nitrogens with zero attached hydrogens (tertiary/aromatic N) is 1. The quantitative estimate of drug-likeness (QED) is 0.728. The van der Waals surface area contributed by atoms with E-state index >= 15 is 0 Å². The Kier molecular flexibility index (Phi) is 5.83. The predicted octanol–water partition coefficient (Wildman–Crippen LogP) is 2.65. The van der Waals surface area contributed by atoms with E-state index in [1.807, 2.05) is 0 Å². The van der Waals surface area contributed by atoms with Crippen molar-refractivity contribution in [3.63, 3.8) is 0 Å². The van der Waals surface area contributed by atoms with E-state index in [1.54, 1.807) is 51.2 Å². The number of ketones is 1. The van der Waals surface area contributed by atoms with Crippen molar-refractivity contribution in [1.29, 1.82) is 0 Å². The Hall–Kier alpha value is -3.00. The molecule has 0 bridgehead atoms. The summed E-state index contributed by atoms with van der Waals surface area (Å²) in [5.41, 5.74) is 1.52. The first-order chi connectivity index (χ1) is 13.7. The highest BCUT2D eigenvalue weighted by Gasteiger charge is 2.30. The van der Waals surface area contributed by atoms with Crippen LogP contribution in [-0.4, -0.2) is 45.4 Å². The summed E-state index contributed by atoms with van der Waals surface area (Å²) in [7, 11) is 0.0712. The van der Waals surface area contributed by atoms with E-state index in [4.69, 9.17) is 9.84 Å². The highest BCUT2D eigenvalue weighted by atomic mass is 32.2. The van der Waals surface area contributed by atoms with Crippen LogP contribution in [0.5, 0.6) is 5.75 Å². The van der Waals surface area contributed by atoms with Gasteiger partial charge in [0.25, 0.3) is 5.91 Å². The molecule has 0 spiro atoms. The number of carboxylic acid groups (broad SMARTS) is 1. The van der Waals surface area contributed by atoms with Crippen molar-refractivity contribution in [2.75, 3.05) is 11.9 Å². The topological polar surface area (TPSA) is 101 Å². The van der Waals surface area contributed by atoms with Gasteiger partial charge in [0, 0.05) is 29.2 Å². The molecule has 2 aromatic rings. The summed E-state index contributed by atoms with van der Waals surface area (Å²) in [4.78, 5) is 37.5. The number of carbonyl (C=O) groups excluding carboxylic acids is 2. The van der Waals surface area contributed by atoms with Crippen LogP contribution in [0.2, 0.25) is 0 Å². The second kappa shape index (κ2) is 8.16. The lowest BCUT2D eigenvalue weighted by Crippen LogP contribution is -2.42. The smallest absolute Gasteiger partial charge is 0.335 e. The lowest BCUT2D eigenvalue weighted by Gasteiger charge is -2.30. The zero-order valence-electron chi connectivity index (χ0n) is 16.2. The van der Waals surface area contributed by atoms with Crippen molar-refractivity contribution < 1.29 is 28.4 Å². The van der Waals surface area contributed by atoms with Crippen LogP contribution in [0.3, 0.4) is 0 Å². The molecule has 3 unspecified atom stereocenters. The molecule has 3 rings (SSSR count). The molecule has 8 heteroatoms. The zero-order chi connectivity index (χ0) is 21.3. The van der Waals surface area contributed by atoms with Gasteiger partial charge in [-0.1, -0.05) is 12.1 Å². The van der Waals surface area contributed by atoms with E-state index < -0.39 is 28.1 Å². The van der Waals surface area contributed by atoms with Crippen molar-refractivity contribution >= 4 is 34.1 Å². The van der Waals surface area contributed by atoms with Crippen LogP contribution in [-0.2, 0) is 21.3 Å². The van der Waals surface area contributed by atoms with E-state index in [1.165, 1.54) is 17.0 Å². The highest BCUT2D eigenvalue weighted by molar-refractivity contribution is 7.85. The number of benzene rings is 2. The van der Waals surface area contributed by atoms with Gasteiger partial charge >= 0.3 is 5.97 Å². The summed E-state index contributed by atoms with van der Waals surface area (Å²) in [6.45, 7) is 3.23. The van der Waals surface area contributed by atoms with Gasteiger partial charge in [-0.2, -0.15) is 0 Å². The maximum Gasteiger partial charge on any atom is 0.335 e. The largest absolute Gasteiger partial charge is 0.479 e. The maximum atomic E-state index is 12.9. The number of likely N-dealkylation sites (N-methyl/N-ethyl adjacent to an activating group) is 1.